The molecule has 2 heterocycles. The number of nitrogens with one attached hydrogen (secondary N) is 2. The summed E-state index contributed by atoms with van der Waals surface area (Å²) in [5.74, 6) is -0.348. The Kier molecular flexibility index (Phi) is 4.43. The Balaban J connectivity index is 1.67. The topological polar surface area (TPSA) is 148 Å². The monoisotopic (exact) mass is 295 g/mol. The van der Waals surface area contributed by atoms with Gasteiger partial charge in [-0.1, -0.05) is 10.4 Å². The minimum atomic E-state index is -1.15. The molecule has 0 aliphatic heterocycles. The molecular weight excluding hydrogens is 282 g/mol. The van der Waals surface area contributed by atoms with Crippen LogP contribution in [-0.4, -0.2) is 48.8 Å². The van der Waals surface area contributed by atoms with Crippen molar-refractivity contribution in [1.82, 2.24) is 35.8 Å². The van der Waals surface area contributed by atoms with Crippen LogP contribution in [0.15, 0.2) is 10.7 Å². The first-order valence-electron chi connectivity index (χ1n) is 5.99. The number of aromatic carboxylic acids is 1. The Bertz CT molecular complexity index is 635. The van der Waals surface area contributed by atoms with Gasteiger partial charge in [0.25, 0.3) is 0 Å². The molecule has 21 heavy (non-hydrogen) atoms. The number of carbonyl (C=O) groups excluding carboxylic acids is 1. The van der Waals surface area contributed by atoms with Crippen LogP contribution >= 0.6 is 0 Å². The fourth-order valence-electron chi connectivity index (χ4n) is 1.42. The van der Waals surface area contributed by atoms with Gasteiger partial charge in [-0.2, -0.15) is 4.98 Å². The molecule has 0 aromatic carbocycles. The Labute approximate surface area is 118 Å². The molecule has 0 saturated carbocycles. The molecule has 0 unspecified atom stereocenters. The van der Waals surface area contributed by atoms with Gasteiger partial charge in [0.15, 0.2) is 11.5 Å². The molecule has 2 aromatic rings. The molecule has 11 heteroatoms. The summed E-state index contributed by atoms with van der Waals surface area (Å²) in [4.78, 5) is 26.0. The summed E-state index contributed by atoms with van der Waals surface area (Å²) in [6, 6.07) is -0.413. The van der Waals surface area contributed by atoms with E-state index >= 15 is 0 Å². The number of hydrogen-bond acceptors (Lipinski definition) is 7. The van der Waals surface area contributed by atoms with Gasteiger partial charge in [0.1, 0.15) is 0 Å². The molecule has 0 spiro atoms. The predicted octanol–water partition coefficient (Wildman–Crippen LogP) is -0.833. The molecule has 0 atom stereocenters. The second-order valence-corrected chi connectivity index (χ2v) is 4.02. The van der Waals surface area contributed by atoms with Crippen LogP contribution in [0.3, 0.4) is 0 Å². The number of hydrogen-bond donors (Lipinski definition) is 3. The molecule has 3 N–H and O–H groups in total. The van der Waals surface area contributed by atoms with Crippen LogP contribution in [0, 0.1) is 6.92 Å². The number of carbonyl (C=O) groups is 2. The van der Waals surface area contributed by atoms with Gasteiger partial charge in [0, 0.05) is 6.54 Å². The van der Waals surface area contributed by atoms with Gasteiger partial charge >= 0.3 is 12.0 Å². The van der Waals surface area contributed by atoms with Crippen molar-refractivity contribution in [1.29, 1.82) is 0 Å². The lowest BCUT2D eigenvalue weighted by Gasteiger charge is -2.05. The van der Waals surface area contributed by atoms with Gasteiger partial charge in [-0.3, -0.25) is 0 Å². The highest BCUT2D eigenvalue weighted by Gasteiger charge is 2.08. The summed E-state index contributed by atoms with van der Waals surface area (Å²) in [5, 5.41) is 24.4. The quantitative estimate of drug-likeness (QED) is 0.625. The average molecular weight is 295 g/mol. The average Bonchev–Trinajstić information content (AvgIpc) is 3.05. The van der Waals surface area contributed by atoms with E-state index in [1.165, 1.54) is 10.9 Å². The smallest absolute Gasteiger partial charge is 0.358 e. The first-order valence-corrected chi connectivity index (χ1v) is 5.99. The summed E-state index contributed by atoms with van der Waals surface area (Å²) >= 11 is 0. The van der Waals surface area contributed by atoms with Crippen molar-refractivity contribution in [3.8, 4) is 0 Å². The molecular formula is C10H13N7O4. The van der Waals surface area contributed by atoms with E-state index in [1.807, 2.05) is 0 Å². The van der Waals surface area contributed by atoms with E-state index in [4.69, 9.17) is 9.63 Å². The van der Waals surface area contributed by atoms with Crippen molar-refractivity contribution < 1.29 is 19.2 Å². The molecule has 0 bridgehead atoms. The molecule has 0 fully saturated rings. The van der Waals surface area contributed by atoms with Gasteiger partial charge in [0.2, 0.25) is 5.89 Å². The van der Waals surface area contributed by atoms with E-state index in [0.29, 0.717) is 18.3 Å². The molecule has 2 aromatic heterocycles. The van der Waals surface area contributed by atoms with E-state index in [9.17, 15) is 9.59 Å². The van der Waals surface area contributed by atoms with E-state index in [1.54, 1.807) is 6.92 Å². The zero-order valence-electron chi connectivity index (χ0n) is 11.1. The molecule has 0 aliphatic carbocycles. The van der Waals surface area contributed by atoms with Crippen molar-refractivity contribution >= 4 is 12.0 Å². The summed E-state index contributed by atoms with van der Waals surface area (Å²) < 4.78 is 6.16. The summed E-state index contributed by atoms with van der Waals surface area (Å²) in [5.41, 5.74) is -0.147. The van der Waals surface area contributed by atoms with E-state index in [2.05, 4.69) is 31.1 Å². The van der Waals surface area contributed by atoms with Crippen LogP contribution in [-0.2, 0) is 13.1 Å². The molecule has 0 saturated heterocycles. The molecule has 0 aliphatic rings. The number of carboxylic acids is 1. The third-order valence-electron chi connectivity index (χ3n) is 2.35. The Hall–Kier alpha value is -2.98. The van der Waals surface area contributed by atoms with Crippen molar-refractivity contribution in [2.45, 2.75) is 20.0 Å². The highest BCUT2D eigenvalue weighted by molar-refractivity contribution is 5.84. The number of aromatic nitrogens is 5. The zero-order valence-corrected chi connectivity index (χ0v) is 11.1. The normalized spacial score (nSPS) is 10.3. The van der Waals surface area contributed by atoms with E-state index < -0.39 is 12.0 Å². The largest absolute Gasteiger partial charge is 0.476 e. The van der Waals surface area contributed by atoms with Crippen LogP contribution in [0.2, 0.25) is 0 Å². The molecule has 0 radical (unpaired) electrons. The Morgan fingerprint density at radius 1 is 1.43 bits per heavy atom. The van der Waals surface area contributed by atoms with Crippen molar-refractivity contribution in [3.05, 3.63) is 23.6 Å². The lowest BCUT2D eigenvalue weighted by molar-refractivity contribution is 0.0690. The predicted molar refractivity (Wildman–Crippen MR) is 66.3 cm³/mol. The van der Waals surface area contributed by atoms with Gasteiger partial charge in [-0.05, 0) is 6.92 Å². The van der Waals surface area contributed by atoms with Crippen LogP contribution in [0.4, 0.5) is 4.79 Å². The fourth-order valence-corrected chi connectivity index (χ4v) is 1.42. The van der Waals surface area contributed by atoms with Gasteiger partial charge < -0.3 is 20.3 Å². The van der Waals surface area contributed by atoms with Crippen LogP contribution in [0.5, 0.6) is 0 Å². The second kappa shape index (κ2) is 6.45. The maximum absolute atomic E-state index is 11.5. The molecule has 11 nitrogen and oxygen atoms in total. The lowest BCUT2D eigenvalue weighted by Crippen LogP contribution is -2.36. The fraction of sp³-hybridized carbons (Fsp3) is 0.400. The highest BCUT2D eigenvalue weighted by Crippen LogP contribution is 1.94. The number of amides is 2. The Morgan fingerprint density at radius 2 is 2.24 bits per heavy atom. The van der Waals surface area contributed by atoms with Gasteiger partial charge in [-0.25, -0.2) is 14.3 Å². The van der Waals surface area contributed by atoms with Crippen LogP contribution < -0.4 is 10.6 Å². The third-order valence-corrected chi connectivity index (χ3v) is 2.35. The van der Waals surface area contributed by atoms with Gasteiger partial charge in [0.05, 0.1) is 19.3 Å². The molecule has 2 rings (SSSR count). The minimum Gasteiger partial charge on any atom is -0.476 e. The van der Waals surface area contributed by atoms with Crippen LogP contribution in [0.25, 0.3) is 0 Å². The van der Waals surface area contributed by atoms with Gasteiger partial charge in [-0.15, -0.1) is 5.10 Å². The molecule has 112 valence electrons. The van der Waals surface area contributed by atoms with Crippen molar-refractivity contribution in [2.24, 2.45) is 0 Å². The number of carboxylic acid groups (broad SMARTS) is 1. The summed E-state index contributed by atoms with van der Waals surface area (Å²) in [6.45, 7) is 2.36. The first-order chi connectivity index (χ1) is 10.0. The zero-order chi connectivity index (χ0) is 15.2. The first kappa shape index (κ1) is 14.4. The standard InChI is InChI=1S/C10H13N7O4/c1-6-13-8(21-15-6)4-12-10(20)11-2-3-17-5-7(9(18)19)14-16-17/h5H,2-4H2,1H3,(H,18,19)(H2,11,12,20). The third kappa shape index (κ3) is 4.26. The maximum atomic E-state index is 11.5. The maximum Gasteiger partial charge on any atom is 0.358 e. The highest BCUT2D eigenvalue weighted by atomic mass is 16.5. The number of rotatable bonds is 6. The lowest BCUT2D eigenvalue weighted by atomic mass is 10.5. The Morgan fingerprint density at radius 3 is 2.86 bits per heavy atom. The van der Waals surface area contributed by atoms with E-state index in [-0.39, 0.29) is 18.8 Å². The summed E-state index contributed by atoms with van der Waals surface area (Å²) in [6.07, 6.45) is 1.28. The number of urea groups is 1. The number of nitrogens with zero attached hydrogens (tertiary/aromatic N) is 5. The van der Waals surface area contributed by atoms with Crippen LogP contribution in [0.1, 0.15) is 22.2 Å². The van der Waals surface area contributed by atoms with Crippen molar-refractivity contribution in [3.63, 3.8) is 0 Å². The minimum absolute atomic E-state index is 0.124. The van der Waals surface area contributed by atoms with E-state index in [0.717, 1.165) is 0 Å². The SMILES string of the molecule is Cc1noc(CNC(=O)NCCn2cc(C(=O)O)nn2)n1. The number of aryl methyl sites for hydroxylation is 1. The van der Waals surface area contributed by atoms with Crippen molar-refractivity contribution in [2.75, 3.05) is 6.54 Å². The molecule has 2 amide bonds. The second-order valence-electron chi connectivity index (χ2n) is 4.02. The summed E-state index contributed by atoms with van der Waals surface area (Å²) in [7, 11) is 0.